The molecule has 1 fully saturated rings. The number of carboxylic acids is 1. The normalized spacial score (nSPS) is 17.0. The quantitative estimate of drug-likeness (QED) is 0.132. The number of amides is 2. The van der Waals surface area contributed by atoms with Gasteiger partial charge < -0.3 is 26.2 Å². The van der Waals surface area contributed by atoms with Gasteiger partial charge in [0.25, 0.3) is 5.91 Å². The summed E-state index contributed by atoms with van der Waals surface area (Å²) in [6, 6.07) is 1.85. The van der Waals surface area contributed by atoms with Crippen LogP contribution in [0.5, 0.6) is 0 Å². The average Bonchev–Trinajstić information content (AvgIpc) is 3.53. The van der Waals surface area contributed by atoms with Gasteiger partial charge in [-0.1, -0.05) is 5.16 Å². The van der Waals surface area contributed by atoms with E-state index in [1.165, 1.54) is 16.2 Å². The molecule has 5 rings (SSSR count). The maximum Gasteiger partial charge on any atom is 1.00 e. The van der Waals surface area contributed by atoms with Crippen molar-refractivity contribution in [1.29, 1.82) is 0 Å². The third-order valence-corrected chi connectivity index (χ3v) is 7.03. The van der Waals surface area contributed by atoms with Gasteiger partial charge in [0, 0.05) is 35.8 Å². The number of thiazole rings is 1. The smallest absolute Gasteiger partial charge is 0.543 e. The van der Waals surface area contributed by atoms with E-state index < -0.39 is 11.9 Å². The average molecular weight is 541 g/mol. The summed E-state index contributed by atoms with van der Waals surface area (Å²) >= 11 is 2.80. The molecule has 0 aromatic carbocycles. The summed E-state index contributed by atoms with van der Waals surface area (Å²) in [5.41, 5.74) is 12.4. The minimum absolute atomic E-state index is 0. The van der Waals surface area contributed by atoms with Crippen LogP contribution in [0.15, 0.2) is 46.5 Å². The van der Waals surface area contributed by atoms with Gasteiger partial charge in [-0.25, -0.2) is 14.5 Å². The van der Waals surface area contributed by atoms with Crippen LogP contribution < -0.4 is 46.1 Å². The number of primary amides is 1. The molecule has 5 heterocycles. The van der Waals surface area contributed by atoms with E-state index in [0.29, 0.717) is 41.7 Å². The Morgan fingerprint density at radius 2 is 2.14 bits per heavy atom. The topological polar surface area (TPSA) is 186 Å². The summed E-state index contributed by atoms with van der Waals surface area (Å²) in [4.78, 5) is 48.2. The van der Waals surface area contributed by atoms with Crippen LogP contribution >= 0.6 is 23.1 Å². The van der Waals surface area contributed by atoms with Gasteiger partial charge in [0.15, 0.2) is 16.5 Å². The monoisotopic (exact) mass is 540 g/mol. The van der Waals surface area contributed by atoms with Crippen molar-refractivity contribution in [2.45, 2.75) is 25.3 Å². The van der Waals surface area contributed by atoms with Gasteiger partial charge in [-0.3, -0.25) is 19.2 Å². The predicted molar refractivity (Wildman–Crippen MR) is 127 cm³/mol. The molecule has 184 valence electrons. The van der Waals surface area contributed by atoms with Crippen LogP contribution in [0.4, 0.5) is 5.13 Å². The molecule has 0 aliphatic carbocycles. The second-order valence-electron chi connectivity index (χ2n) is 7.31. The Morgan fingerprint density at radius 1 is 1.36 bits per heavy atom. The summed E-state index contributed by atoms with van der Waals surface area (Å²) < 4.78 is 3.71. The standard InChI is InChI=1S/C13H12N4O3S.C7H10N4O2S.Na/c18-10-5-11-17(10)12(13(19)20)8(7-21-11)6-15-3-1-9-14-2-4-16(9)15;1-2-13-11-5(6(8)12)4-3-14-7(9)10-4;/h1-4,11H,5-7H2,(H,19,20);3H,2H2,1H3,(H2,8,12)(H2,9,10);/q;;+1/p-1/t11-;;/m0../s1. The number of nitrogens with two attached hydrogens (primary N) is 2. The minimum atomic E-state index is -1.28. The number of imidazole rings is 1. The van der Waals surface area contributed by atoms with Crippen molar-refractivity contribution >= 4 is 57.4 Å². The third-order valence-electron chi connectivity index (χ3n) is 5.08. The third kappa shape index (κ3) is 5.75. The predicted octanol–water partition coefficient (Wildman–Crippen LogP) is -3.60. The Morgan fingerprint density at radius 3 is 2.75 bits per heavy atom. The molecule has 16 heteroatoms. The van der Waals surface area contributed by atoms with Crippen LogP contribution in [0.2, 0.25) is 0 Å². The first-order chi connectivity index (χ1) is 16.8. The van der Waals surface area contributed by atoms with E-state index in [1.807, 2.05) is 27.7 Å². The summed E-state index contributed by atoms with van der Waals surface area (Å²) in [7, 11) is 0. The molecule has 0 radical (unpaired) electrons. The molecule has 2 amide bonds. The Hall–Kier alpha value is -2.85. The summed E-state index contributed by atoms with van der Waals surface area (Å²) in [6.45, 7) is 2.50. The number of aromatic nitrogens is 4. The number of hydrogen-bond donors (Lipinski definition) is 2. The first-order valence-corrected chi connectivity index (χ1v) is 12.3. The molecule has 2 aliphatic heterocycles. The van der Waals surface area contributed by atoms with E-state index in [4.69, 9.17) is 16.3 Å². The summed E-state index contributed by atoms with van der Waals surface area (Å²) in [6.07, 6.45) is 5.74. The molecule has 13 nitrogen and oxygen atoms in total. The van der Waals surface area contributed by atoms with Gasteiger partial charge in [-0.2, -0.15) is 0 Å². The molecule has 4 N–H and O–H groups in total. The van der Waals surface area contributed by atoms with E-state index >= 15 is 0 Å². The second kappa shape index (κ2) is 11.9. The Labute approximate surface area is 235 Å². The largest absolute Gasteiger partial charge is 1.00 e. The van der Waals surface area contributed by atoms with Gasteiger partial charge in [-0.15, -0.1) is 23.1 Å². The SMILES string of the molecule is CCON=C(C(N)=O)c1csc(N)n1.O=C([O-])C1=C(Cn2ccc3nccn32)CS[C@H]2CC(=O)N12.[Na+]. The van der Waals surface area contributed by atoms with Crippen molar-refractivity contribution in [2.24, 2.45) is 10.9 Å². The number of rotatable bonds is 7. The molecular formula is C20H21N8NaO5S2. The zero-order valence-corrected chi connectivity index (χ0v) is 23.1. The number of anilines is 1. The van der Waals surface area contributed by atoms with E-state index in [9.17, 15) is 19.5 Å². The molecule has 0 unspecified atom stereocenters. The number of thioether (sulfide) groups is 1. The molecule has 1 saturated heterocycles. The van der Waals surface area contributed by atoms with Crippen molar-refractivity contribution in [3.8, 4) is 0 Å². The first kappa shape index (κ1) is 27.7. The van der Waals surface area contributed by atoms with E-state index in [0.717, 1.165) is 5.65 Å². The minimum Gasteiger partial charge on any atom is -0.543 e. The van der Waals surface area contributed by atoms with Crippen molar-refractivity contribution in [3.05, 3.63) is 47.0 Å². The van der Waals surface area contributed by atoms with Crippen LogP contribution in [-0.4, -0.2) is 65.3 Å². The number of fused-ring (bicyclic) bond motifs is 2. The van der Waals surface area contributed by atoms with Gasteiger partial charge in [0.1, 0.15) is 12.3 Å². The second-order valence-corrected chi connectivity index (χ2v) is 9.37. The number of oxime groups is 1. The molecule has 2 aliphatic rings. The van der Waals surface area contributed by atoms with Crippen LogP contribution in [0.1, 0.15) is 19.0 Å². The Kier molecular flexibility index (Phi) is 9.19. The van der Waals surface area contributed by atoms with Crippen LogP contribution in [0.25, 0.3) is 5.65 Å². The van der Waals surface area contributed by atoms with Gasteiger partial charge >= 0.3 is 29.6 Å². The number of aliphatic carboxylic acids is 1. The number of carbonyl (C=O) groups is 3. The fourth-order valence-electron chi connectivity index (χ4n) is 3.53. The fourth-order valence-corrected chi connectivity index (χ4v) is 5.33. The van der Waals surface area contributed by atoms with E-state index in [2.05, 4.69) is 15.1 Å². The van der Waals surface area contributed by atoms with Crippen molar-refractivity contribution in [3.63, 3.8) is 0 Å². The molecule has 36 heavy (non-hydrogen) atoms. The maximum atomic E-state index is 11.7. The fraction of sp³-hybridized carbons (Fsp3) is 0.300. The Bertz CT molecular complexity index is 1350. The molecule has 0 spiro atoms. The molecule has 0 saturated carbocycles. The van der Waals surface area contributed by atoms with Crippen LogP contribution in [0, 0.1) is 0 Å². The van der Waals surface area contributed by atoms with E-state index in [1.54, 1.807) is 30.3 Å². The molecule has 1 atom stereocenters. The van der Waals surface area contributed by atoms with Gasteiger partial charge in [0.2, 0.25) is 5.91 Å². The summed E-state index contributed by atoms with van der Waals surface area (Å²) in [5.74, 6) is -1.53. The van der Waals surface area contributed by atoms with Crippen molar-refractivity contribution in [1.82, 2.24) is 24.1 Å². The molecule has 3 aromatic heterocycles. The van der Waals surface area contributed by atoms with Crippen LogP contribution in [-0.2, 0) is 25.8 Å². The maximum absolute atomic E-state index is 11.7. The number of nitrogens with zero attached hydrogens (tertiary/aromatic N) is 6. The molecule has 3 aromatic rings. The van der Waals surface area contributed by atoms with Crippen molar-refractivity contribution < 1.29 is 53.9 Å². The van der Waals surface area contributed by atoms with Gasteiger partial charge in [0.05, 0.1) is 30.0 Å². The molecular weight excluding hydrogens is 519 g/mol. The van der Waals surface area contributed by atoms with Crippen LogP contribution in [0.3, 0.4) is 0 Å². The Balaban J connectivity index is 0.000000212. The number of β-lactam (4-membered cyclic amide) rings is 1. The molecule has 0 bridgehead atoms. The zero-order valence-electron chi connectivity index (χ0n) is 19.5. The zero-order chi connectivity index (χ0) is 25.1. The number of carboxylic acid groups (broad SMARTS) is 1. The van der Waals surface area contributed by atoms with E-state index in [-0.39, 0.29) is 52.2 Å². The summed E-state index contributed by atoms with van der Waals surface area (Å²) in [5, 5.41) is 16.9. The van der Waals surface area contributed by atoms with Gasteiger partial charge in [-0.05, 0) is 12.5 Å². The number of nitrogen functional groups attached to an aromatic ring is 1. The van der Waals surface area contributed by atoms with Crippen molar-refractivity contribution in [2.75, 3.05) is 18.1 Å². The first-order valence-electron chi connectivity index (χ1n) is 10.4. The number of hydrogen-bond acceptors (Lipinski definition) is 11. The number of carbonyl (C=O) groups excluding carboxylic acids is 3.